The molecular formula is C20H18F3NO. The van der Waals surface area contributed by atoms with Crippen LogP contribution in [0.3, 0.4) is 0 Å². The third-order valence-corrected chi connectivity index (χ3v) is 4.16. The van der Waals surface area contributed by atoms with E-state index in [9.17, 15) is 18.0 Å². The average Bonchev–Trinajstić information content (AvgIpc) is 2.53. The molecule has 0 saturated carbocycles. The van der Waals surface area contributed by atoms with Crippen LogP contribution in [0.25, 0.3) is 5.70 Å². The van der Waals surface area contributed by atoms with E-state index in [1.54, 1.807) is 0 Å². The van der Waals surface area contributed by atoms with Gasteiger partial charge < -0.3 is 5.32 Å². The van der Waals surface area contributed by atoms with Crippen LogP contribution >= 0.6 is 0 Å². The summed E-state index contributed by atoms with van der Waals surface area (Å²) in [6.45, 7) is 4.04. The number of fused-ring (bicyclic) bond motifs is 1. The maximum atomic E-state index is 12.8. The maximum absolute atomic E-state index is 12.8. The van der Waals surface area contributed by atoms with Gasteiger partial charge in [0, 0.05) is 28.4 Å². The fourth-order valence-corrected chi connectivity index (χ4v) is 3.07. The van der Waals surface area contributed by atoms with E-state index >= 15 is 0 Å². The third kappa shape index (κ3) is 3.76. The van der Waals surface area contributed by atoms with E-state index in [1.165, 1.54) is 18.2 Å². The number of hydrogen-bond donors (Lipinski definition) is 1. The summed E-state index contributed by atoms with van der Waals surface area (Å²) in [6.07, 6.45) is -2.28. The standard InChI is InChI=1S/C20H18F3NO/c1-19(2)12-14-6-3-4-9-16(14)17(24-19)11-18(25)13-7-5-8-15(10-13)20(21,22)23/h3-11,24H,12H2,1-2H3. The van der Waals surface area contributed by atoms with Gasteiger partial charge in [-0.3, -0.25) is 4.79 Å². The first-order chi connectivity index (χ1) is 11.7. The van der Waals surface area contributed by atoms with E-state index in [4.69, 9.17) is 0 Å². The van der Waals surface area contributed by atoms with E-state index < -0.39 is 17.5 Å². The monoisotopic (exact) mass is 345 g/mol. The summed E-state index contributed by atoms with van der Waals surface area (Å²) in [5, 5.41) is 3.31. The highest BCUT2D eigenvalue weighted by atomic mass is 19.4. The lowest BCUT2D eigenvalue weighted by molar-refractivity contribution is -0.137. The normalized spacial score (nSPS) is 17.7. The van der Waals surface area contributed by atoms with Crippen LogP contribution in [0.15, 0.2) is 54.6 Å². The van der Waals surface area contributed by atoms with Gasteiger partial charge in [-0.1, -0.05) is 36.4 Å². The van der Waals surface area contributed by atoms with Gasteiger partial charge in [0.1, 0.15) is 0 Å². The molecule has 1 aliphatic rings. The number of rotatable bonds is 2. The van der Waals surface area contributed by atoms with Crippen molar-refractivity contribution < 1.29 is 18.0 Å². The van der Waals surface area contributed by atoms with Gasteiger partial charge in [0.15, 0.2) is 5.78 Å². The van der Waals surface area contributed by atoms with Gasteiger partial charge in [0.25, 0.3) is 0 Å². The first-order valence-electron chi connectivity index (χ1n) is 7.95. The number of benzene rings is 2. The van der Waals surface area contributed by atoms with Gasteiger partial charge in [-0.15, -0.1) is 0 Å². The minimum absolute atomic E-state index is 0.0185. The summed E-state index contributed by atoms with van der Waals surface area (Å²) >= 11 is 0. The van der Waals surface area contributed by atoms with E-state index in [2.05, 4.69) is 5.32 Å². The Balaban J connectivity index is 1.99. The van der Waals surface area contributed by atoms with Gasteiger partial charge in [-0.2, -0.15) is 13.2 Å². The summed E-state index contributed by atoms with van der Waals surface area (Å²) < 4.78 is 38.5. The molecule has 0 aromatic heterocycles. The Hall–Kier alpha value is -2.56. The zero-order valence-electron chi connectivity index (χ0n) is 13.9. The highest BCUT2D eigenvalue weighted by molar-refractivity contribution is 6.08. The van der Waals surface area contributed by atoms with Gasteiger partial charge in [-0.25, -0.2) is 0 Å². The zero-order valence-corrected chi connectivity index (χ0v) is 13.9. The molecule has 25 heavy (non-hydrogen) atoms. The molecule has 1 aliphatic heterocycles. The van der Waals surface area contributed by atoms with E-state index in [1.807, 2.05) is 38.1 Å². The van der Waals surface area contributed by atoms with Crippen molar-refractivity contribution in [2.45, 2.75) is 32.0 Å². The van der Waals surface area contributed by atoms with Crippen LogP contribution in [0.5, 0.6) is 0 Å². The first-order valence-corrected chi connectivity index (χ1v) is 7.95. The lowest BCUT2D eigenvalue weighted by Crippen LogP contribution is -2.43. The fourth-order valence-electron chi connectivity index (χ4n) is 3.07. The van der Waals surface area contributed by atoms with E-state index in [0.717, 1.165) is 29.7 Å². The molecule has 2 nitrogen and oxygen atoms in total. The van der Waals surface area contributed by atoms with Crippen molar-refractivity contribution >= 4 is 11.5 Å². The van der Waals surface area contributed by atoms with E-state index in [0.29, 0.717) is 5.70 Å². The molecule has 0 spiro atoms. The Morgan fingerprint density at radius 3 is 2.56 bits per heavy atom. The van der Waals surface area contributed by atoms with Crippen LogP contribution in [-0.2, 0) is 12.6 Å². The Kier molecular flexibility index (Phi) is 4.19. The van der Waals surface area contributed by atoms with Crippen LogP contribution in [-0.4, -0.2) is 11.3 Å². The summed E-state index contributed by atoms with van der Waals surface area (Å²) in [5.41, 5.74) is 1.60. The molecular weight excluding hydrogens is 327 g/mol. The molecule has 0 amide bonds. The Morgan fingerprint density at radius 1 is 1.12 bits per heavy atom. The number of ketones is 1. The molecule has 0 unspecified atom stereocenters. The van der Waals surface area contributed by atoms with Gasteiger partial charge in [-0.05, 0) is 38.0 Å². The highest BCUT2D eigenvalue weighted by Crippen LogP contribution is 2.31. The molecule has 1 N–H and O–H groups in total. The molecule has 130 valence electrons. The predicted octanol–water partition coefficient (Wildman–Crippen LogP) is 4.85. The van der Waals surface area contributed by atoms with Gasteiger partial charge >= 0.3 is 6.18 Å². The first kappa shape index (κ1) is 17.3. The lowest BCUT2D eigenvalue weighted by Gasteiger charge is -2.35. The molecule has 0 atom stereocenters. The van der Waals surface area contributed by atoms with Gasteiger partial charge in [0.2, 0.25) is 0 Å². The molecule has 0 bridgehead atoms. The number of allylic oxidation sites excluding steroid dienone is 1. The summed E-state index contributed by atoms with van der Waals surface area (Å²) in [6, 6.07) is 12.2. The minimum atomic E-state index is -4.47. The quantitative estimate of drug-likeness (QED) is 0.622. The minimum Gasteiger partial charge on any atom is -0.379 e. The van der Waals surface area contributed by atoms with Crippen LogP contribution in [0.4, 0.5) is 13.2 Å². The fraction of sp³-hybridized carbons (Fsp3) is 0.250. The number of alkyl halides is 3. The molecule has 0 aliphatic carbocycles. The molecule has 0 saturated heterocycles. The lowest BCUT2D eigenvalue weighted by atomic mass is 9.85. The average molecular weight is 345 g/mol. The molecule has 3 rings (SSSR count). The maximum Gasteiger partial charge on any atom is 0.416 e. The van der Waals surface area contributed by atoms with Gasteiger partial charge in [0.05, 0.1) is 5.56 Å². The SMILES string of the molecule is CC1(C)Cc2ccccc2C(=CC(=O)c2cccc(C(F)(F)F)c2)N1. The topological polar surface area (TPSA) is 29.1 Å². The van der Waals surface area contributed by atoms with Crippen molar-refractivity contribution in [2.75, 3.05) is 0 Å². The highest BCUT2D eigenvalue weighted by Gasteiger charge is 2.31. The van der Waals surface area contributed by atoms with Crippen molar-refractivity contribution in [3.05, 3.63) is 76.9 Å². The smallest absolute Gasteiger partial charge is 0.379 e. The second kappa shape index (κ2) is 6.06. The van der Waals surface area contributed by atoms with Crippen LogP contribution < -0.4 is 5.32 Å². The third-order valence-electron chi connectivity index (χ3n) is 4.16. The van der Waals surface area contributed by atoms with Crippen molar-refractivity contribution in [3.63, 3.8) is 0 Å². The van der Waals surface area contributed by atoms with Crippen molar-refractivity contribution in [1.29, 1.82) is 0 Å². The summed E-state index contributed by atoms with van der Waals surface area (Å²) in [4.78, 5) is 12.5. The molecule has 0 radical (unpaired) electrons. The van der Waals surface area contributed by atoms with Crippen LogP contribution in [0.1, 0.15) is 40.9 Å². The summed E-state index contributed by atoms with van der Waals surface area (Å²) in [7, 11) is 0. The number of carbonyl (C=O) groups excluding carboxylic acids is 1. The predicted molar refractivity (Wildman–Crippen MR) is 91.1 cm³/mol. The second-order valence-electron chi connectivity index (χ2n) is 6.84. The number of carbonyl (C=O) groups is 1. The van der Waals surface area contributed by atoms with Crippen LogP contribution in [0, 0.1) is 0 Å². The van der Waals surface area contributed by atoms with Crippen molar-refractivity contribution in [1.82, 2.24) is 5.32 Å². The van der Waals surface area contributed by atoms with Crippen LogP contribution in [0.2, 0.25) is 0 Å². The van der Waals surface area contributed by atoms with E-state index in [-0.39, 0.29) is 11.1 Å². The Morgan fingerprint density at radius 2 is 1.84 bits per heavy atom. The number of nitrogens with one attached hydrogen (secondary N) is 1. The largest absolute Gasteiger partial charge is 0.416 e. The van der Waals surface area contributed by atoms with Crippen molar-refractivity contribution in [2.24, 2.45) is 0 Å². The number of halogens is 3. The summed E-state index contributed by atoms with van der Waals surface area (Å²) in [5.74, 6) is -0.457. The molecule has 2 aromatic carbocycles. The zero-order chi connectivity index (χ0) is 18.2. The number of hydrogen-bond acceptors (Lipinski definition) is 2. The second-order valence-corrected chi connectivity index (χ2v) is 6.84. The molecule has 0 fully saturated rings. The molecule has 2 aromatic rings. The Labute approximate surface area is 144 Å². The molecule has 5 heteroatoms. The van der Waals surface area contributed by atoms with Crippen molar-refractivity contribution in [3.8, 4) is 0 Å². The Bertz CT molecular complexity index is 850. The molecule has 1 heterocycles.